The molecule has 2 aliphatic heterocycles. The fourth-order valence-electron chi connectivity index (χ4n) is 4.05. The number of sulfonamides is 1. The number of aromatic nitrogens is 1. The first kappa shape index (κ1) is 21.2. The van der Waals surface area contributed by atoms with Crippen LogP contribution in [-0.4, -0.2) is 86.2 Å². The Morgan fingerprint density at radius 1 is 1.32 bits per heavy atom. The van der Waals surface area contributed by atoms with Gasteiger partial charge in [0.25, 0.3) is 5.91 Å². The number of nitrogens with zero attached hydrogens (tertiary/aromatic N) is 3. The van der Waals surface area contributed by atoms with E-state index in [1.807, 2.05) is 6.92 Å². The Bertz CT molecular complexity index is 780. The highest BCUT2D eigenvalue weighted by atomic mass is 32.2. The standard InChI is InChI=1S/C19H30N4O4S/c1-15-13-16(3-7-20-15)19(24)21-8-10-23(17-5-11-27-12-6-17)18-4-9-22(14-18)28(2,25)26/h3,7,13,17-18H,4-6,8-12,14H2,1-2H3,(H,21,24). The molecule has 1 aromatic rings. The number of rotatable bonds is 7. The maximum absolute atomic E-state index is 12.4. The van der Waals surface area contributed by atoms with E-state index in [0.29, 0.717) is 37.8 Å². The van der Waals surface area contributed by atoms with Crippen molar-refractivity contribution < 1.29 is 17.9 Å². The highest BCUT2D eigenvalue weighted by Gasteiger charge is 2.35. The topological polar surface area (TPSA) is 91.8 Å². The summed E-state index contributed by atoms with van der Waals surface area (Å²) in [4.78, 5) is 18.9. The normalized spacial score (nSPS) is 21.9. The van der Waals surface area contributed by atoms with E-state index in [0.717, 1.165) is 38.2 Å². The number of hydrogen-bond donors (Lipinski definition) is 1. The quantitative estimate of drug-likeness (QED) is 0.709. The van der Waals surface area contributed by atoms with Gasteiger partial charge < -0.3 is 10.1 Å². The van der Waals surface area contributed by atoms with Crippen LogP contribution in [-0.2, 0) is 14.8 Å². The second-order valence-electron chi connectivity index (χ2n) is 7.59. The predicted octanol–water partition coefficient (Wildman–Crippen LogP) is 0.635. The van der Waals surface area contributed by atoms with Crippen LogP contribution in [0.1, 0.15) is 35.3 Å². The molecule has 1 amide bonds. The average Bonchev–Trinajstić information content (AvgIpc) is 3.16. The van der Waals surface area contributed by atoms with Crippen molar-refractivity contribution >= 4 is 15.9 Å². The maximum atomic E-state index is 12.4. The van der Waals surface area contributed by atoms with Crippen LogP contribution >= 0.6 is 0 Å². The molecule has 3 heterocycles. The first-order valence-corrected chi connectivity index (χ1v) is 11.7. The molecule has 156 valence electrons. The minimum absolute atomic E-state index is 0.110. The second-order valence-corrected chi connectivity index (χ2v) is 9.57. The summed E-state index contributed by atoms with van der Waals surface area (Å²) >= 11 is 0. The number of aryl methyl sites for hydroxylation is 1. The molecule has 0 radical (unpaired) electrons. The largest absolute Gasteiger partial charge is 0.381 e. The van der Waals surface area contributed by atoms with E-state index in [2.05, 4.69) is 15.2 Å². The van der Waals surface area contributed by atoms with Crippen molar-refractivity contribution in [2.24, 2.45) is 0 Å². The van der Waals surface area contributed by atoms with Gasteiger partial charge in [-0.1, -0.05) is 0 Å². The highest BCUT2D eigenvalue weighted by Crippen LogP contribution is 2.24. The number of amides is 1. The SMILES string of the molecule is Cc1cc(C(=O)NCCN(C2CCOCC2)C2CCN(S(C)(=O)=O)C2)ccn1. The molecule has 0 aromatic carbocycles. The van der Waals surface area contributed by atoms with E-state index >= 15 is 0 Å². The Balaban J connectivity index is 1.60. The van der Waals surface area contributed by atoms with Crippen molar-refractivity contribution in [2.45, 2.75) is 38.3 Å². The van der Waals surface area contributed by atoms with Crippen LogP contribution in [0.4, 0.5) is 0 Å². The summed E-state index contributed by atoms with van der Waals surface area (Å²) in [6, 6.07) is 4.02. The van der Waals surface area contributed by atoms with Gasteiger partial charge in [-0.3, -0.25) is 14.7 Å². The highest BCUT2D eigenvalue weighted by molar-refractivity contribution is 7.88. The van der Waals surface area contributed by atoms with Crippen molar-refractivity contribution in [3.05, 3.63) is 29.6 Å². The van der Waals surface area contributed by atoms with Crippen molar-refractivity contribution in [1.29, 1.82) is 0 Å². The van der Waals surface area contributed by atoms with Crippen LogP contribution in [0.3, 0.4) is 0 Å². The zero-order valence-electron chi connectivity index (χ0n) is 16.6. The Hall–Kier alpha value is -1.55. The van der Waals surface area contributed by atoms with Gasteiger partial charge in [0.2, 0.25) is 10.0 Å². The number of pyridine rings is 1. The Morgan fingerprint density at radius 3 is 2.71 bits per heavy atom. The van der Waals surface area contributed by atoms with Crippen LogP contribution in [0.5, 0.6) is 0 Å². The molecular weight excluding hydrogens is 380 g/mol. The van der Waals surface area contributed by atoms with Crippen LogP contribution in [0, 0.1) is 6.92 Å². The second kappa shape index (κ2) is 9.30. The number of carbonyl (C=O) groups excluding carboxylic acids is 1. The van der Waals surface area contributed by atoms with Crippen LogP contribution < -0.4 is 5.32 Å². The summed E-state index contributed by atoms with van der Waals surface area (Å²) in [5.74, 6) is -0.110. The third-order valence-electron chi connectivity index (χ3n) is 5.54. The van der Waals surface area contributed by atoms with Gasteiger partial charge in [-0.2, -0.15) is 0 Å². The lowest BCUT2D eigenvalue weighted by Crippen LogP contribution is -2.50. The van der Waals surface area contributed by atoms with E-state index in [1.165, 1.54) is 6.26 Å². The van der Waals surface area contributed by atoms with Crippen LogP contribution in [0.15, 0.2) is 18.3 Å². The molecule has 0 aliphatic carbocycles. The molecule has 8 nitrogen and oxygen atoms in total. The molecule has 2 fully saturated rings. The Kier molecular flexibility index (Phi) is 7.03. The molecule has 1 N–H and O–H groups in total. The molecule has 9 heteroatoms. The Labute approximate surface area is 167 Å². The van der Waals surface area contributed by atoms with E-state index in [4.69, 9.17) is 4.74 Å². The predicted molar refractivity (Wildman–Crippen MR) is 107 cm³/mol. The molecule has 3 rings (SSSR count). The van der Waals surface area contributed by atoms with Gasteiger partial charge in [-0.05, 0) is 38.3 Å². The van der Waals surface area contributed by atoms with E-state index in [1.54, 1.807) is 22.6 Å². The van der Waals surface area contributed by atoms with Crippen LogP contribution in [0.2, 0.25) is 0 Å². The molecule has 2 saturated heterocycles. The molecule has 1 unspecified atom stereocenters. The van der Waals surface area contributed by atoms with Gasteiger partial charge in [-0.15, -0.1) is 0 Å². The Morgan fingerprint density at radius 2 is 2.07 bits per heavy atom. The third-order valence-corrected chi connectivity index (χ3v) is 6.81. The first-order chi connectivity index (χ1) is 13.3. The number of hydrogen-bond acceptors (Lipinski definition) is 6. The lowest BCUT2D eigenvalue weighted by molar-refractivity contribution is 0.0194. The smallest absolute Gasteiger partial charge is 0.251 e. The lowest BCUT2D eigenvalue weighted by atomic mass is 10.0. The number of carbonyl (C=O) groups is 1. The molecule has 28 heavy (non-hydrogen) atoms. The fraction of sp³-hybridized carbons (Fsp3) is 0.684. The number of nitrogens with one attached hydrogen (secondary N) is 1. The van der Waals surface area contributed by atoms with Crippen LogP contribution in [0.25, 0.3) is 0 Å². The zero-order chi connectivity index (χ0) is 20.1. The summed E-state index contributed by atoms with van der Waals surface area (Å²) in [6.45, 7) is 5.62. The molecule has 0 spiro atoms. The molecule has 1 atom stereocenters. The molecule has 1 aromatic heterocycles. The minimum atomic E-state index is -3.17. The van der Waals surface area contributed by atoms with Gasteiger partial charge in [0.05, 0.1) is 6.26 Å². The summed E-state index contributed by atoms with van der Waals surface area (Å²) < 4.78 is 30.8. The molecule has 0 saturated carbocycles. The number of ether oxygens (including phenoxy) is 1. The van der Waals surface area contributed by atoms with Crippen molar-refractivity contribution in [3.63, 3.8) is 0 Å². The fourth-order valence-corrected chi connectivity index (χ4v) is 4.93. The zero-order valence-corrected chi connectivity index (χ0v) is 17.5. The lowest BCUT2D eigenvalue weighted by Gasteiger charge is -2.38. The monoisotopic (exact) mass is 410 g/mol. The van der Waals surface area contributed by atoms with Crippen molar-refractivity contribution in [3.8, 4) is 0 Å². The summed E-state index contributed by atoms with van der Waals surface area (Å²) in [7, 11) is -3.17. The van der Waals surface area contributed by atoms with E-state index < -0.39 is 10.0 Å². The summed E-state index contributed by atoms with van der Waals surface area (Å²) in [5, 5.41) is 2.99. The molecule has 0 bridgehead atoms. The maximum Gasteiger partial charge on any atom is 0.251 e. The van der Waals surface area contributed by atoms with Gasteiger partial charge in [0.15, 0.2) is 0 Å². The van der Waals surface area contributed by atoms with Crippen molar-refractivity contribution in [2.75, 3.05) is 45.6 Å². The van der Waals surface area contributed by atoms with Gasteiger partial charge >= 0.3 is 0 Å². The van der Waals surface area contributed by atoms with Crippen molar-refractivity contribution in [1.82, 2.24) is 19.5 Å². The molecular formula is C19H30N4O4S. The molecule has 2 aliphatic rings. The first-order valence-electron chi connectivity index (χ1n) is 9.84. The van der Waals surface area contributed by atoms with Gasteiger partial charge in [-0.25, -0.2) is 12.7 Å². The van der Waals surface area contributed by atoms with Gasteiger partial charge in [0.1, 0.15) is 0 Å². The van der Waals surface area contributed by atoms with Gasteiger partial charge in [0, 0.05) is 68.9 Å². The van der Waals surface area contributed by atoms with E-state index in [-0.39, 0.29) is 11.9 Å². The summed E-state index contributed by atoms with van der Waals surface area (Å²) in [5.41, 5.74) is 1.41. The average molecular weight is 411 g/mol. The minimum Gasteiger partial charge on any atom is -0.381 e. The third kappa shape index (κ3) is 5.50. The summed E-state index contributed by atoms with van der Waals surface area (Å²) in [6.07, 6.45) is 5.60. The van der Waals surface area contributed by atoms with E-state index in [9.17, 15) is 13.2 Å².